The van der Waals surface area contributed by atoms with E-state index in [4.69, 9.17) is 0 Å². The van der Waals surface area contributed by atoms with Gasteiger partial charge in [0.15, 0.2) is 0 Å². The first-order chi connectivity index (χ1) is 6.32. The molecule has 0 aliphatic heterocycles. The van der Waals surface area contributed by atoms with E-state index in [1.54, 1.807) is 0 Å². The summed E-state index contributed by atoms with van der Waals surface area (Å²) < 4.78 is 1.21. The third kappa shape index (κ3) is 2.60. The van der Waals surface area contributed by atoms with Crippen molar-refractivity contribution in [1.29, 1.82) is 0 Å². The van der Waals surface area contributed by atoms with Crippen LogP contribution in [0, 0.1) is 5.92 Å². The molecule has 0 saturated carbocycles. The van der Waals surface area contributed by atoms with Crippen LogP contribution in [0.2, 0.25) is 0 Å². The van der Waals surface area contributed by atoms with Crippen molar-refractivity contribution in [3.8, 4) is 0 Å². The Labute approximate surface area is 95.9 Å². The second-order valence-electron chi connectivity index (χ2n) is 4.94. The molecule has 0 spiro atoms. The molecule has 1 heteroatoms. The van der Waals surface area contributed by atoms with Gasteiger partial charge in [-0.15, -0.1) is 0 Å². The molecule has 1 radical (unpaired) electrons. The van der Waals surface area contributed by atoms with Crippen molar-refractivity contribution >= 4 is 15.9 Å². The normalized spacial score (nSPS) is 12.2. The van der Waals surface area contributed by atoms with Crippen LogP contribution in [0.25, 0.3) is 0 Å². The second-order valence-corrected chi connectivity index (χ2v) is 5.80. The Morgan fingerprint density at radius 3 is 2.07 bits per heavy atom. The lowest BCUT2D eigenvalue weighted by Crippen LogP contribution is -2.12. The van der Waals surface area contributed by atoms with Crippen molar-refractivity contribution in [1.82, 2.24) is 0 Å². The predicted octanol–water partition coefficient (Wildman–Crippen LogP) is 4.71. The van der Waals surface area contributed by atoms with E-state index in [-0.39, 0.29) is 5.41 Å². The molecule has 0 aliphatic carbocycles. The third-order valence-electron chi connectivity index (χ3n) is 2.35. The van der Waals surface area contributed by atoms with Crippen LogP contribution in [0.1, 0.15) is 45.7 Å². The van der Waals surface area contributed by atoms with E-state index in [0.29, 0.717) is 0 Å². The van der Waals surface area contributed by atoms with Crippen LogP contribution in [0.4, 0.5) is 0 Å². The van der Waals surface area contributed by atoms with Gasteiger partial charge in [-0.1, -0.05) is 62.7 Å². The maximum atomic E-state index is 3.64. The van der Waals surface area contributed by atoms with Crippen molar-refractivity contribution in [3.63, 3.8) is 0 Å². The number of rotatable bonds is 1. The summed E-state index contributed by atoms with van der Waals surface area (Å²) in [7, 11) is 0. The molecule has 0 amide bonds. The zero-order valence-electron chi connectivity index (χ0n) is 9.61. The first kappa shape index (κ1) is 11.8. The van der Waals surface area contributed by atoms with Crippen LogP contribution in [0.5, 0.6) is 0 Å². The molecule has 14 heavy (non-hydrogen) atoms. The standard InChI is InChI=1S/C13H18Br/c1-9(2)10-6-7-11(12(14)8-10)13(3,4)5/h6-8H,1-5H3. The summed E-state index contributed by atoms with van der Waals surface area (Å²) >= 11 is 3.64. The average molecular weight is 254 g/mol. The Hall–Kier alpha value is -0.300. The van der Waals surface area contributed by atoms with Gasteiger partial charge in [0, 0.05) is 4.47 Å². The van der Waals surface area contributed by atoms with Gasteiger partial charge in [0.2, 0.25) is 0 Å². The molecule has 0 unspecified atom stereocenters. The van der Waals surface area contributed by atoms with E-state index in [1.165, 1.54) is 21.5 Å². The van der Waals surface area contributed by atoms with Crippen molar-refractivity contribution in [2.75, 3.05) is 0 Å². The highest BCUT2D eigenvalue weighted by Crippen LogP contribution is 2.31. The summed E-state index contributed by atoms with van der Waals surface area (Å²) in [6.45, 7) is 11.0. The van der Waals surface area contributed by atoms with Gasteiger partial charge in [0.25, 0.3) is 0 Å². The highest BCUT2D eigenvalue weighted by atomic mass is 79.9. The van der Waals surface area contributed by atoms with Gasteiger partial charge >= 0.3 is 0 Å². The molecule has 0 atom stereocenters. The van der Waals surface area contributed by atoms with Crippen LogP contribution in [0.15, 0.2) is 22.7 Å². The minimum atomic E-state index is 0.207. The molecule has 0 fully saturated rings. The van der Waals surface area contributed by atoms with Gasteiger partial charge in [-0.25, -0.2) is 0 Å². The maximum Gasteiger partial charge on any atom is 0.0215 e. The van der Waals surface area contributed by atoms with Gasteiger partial charge in [0.05, 0.1) is 0 Å². The van der Waals surface area contributed by atoms with Gasteiger partial charge in [0.1, 0.15) is 0 Å². The predicted molar refractivity (Wildman–Crippen MR) is 66.5 cm³/mol. The molecule has 1 aromatic carbocycles. The van der Waals surface area contributed by atoms with Crippen molar-refractivity contribution in [2.45, 2.75) is 40.0 Å². The van der Waals surface area contributed by atoms with Gasteiger partial charge < -0.3 is 0 Å². The third-order valence-corrected chi connectivity index (χ3v) is 3.01. The zero-order valence-corrected chi connectivity index (χ0v) is 11.2. The molecular weight excluding hydrogens is 236 g/mol. The van der Waals surface area contributed by atoms with E-state index in [9.17, 15) is 0 Å². The van der Waals surface area contributed by atoms with E-state index in [1.807, 2.05) is 0 Å². The van der Waals surface area contributed by atoms with E-state index >= 15 is 0 Å². The van der Waals surface area contributed by atoms with Gasteiger partial charge in [-0.2, -0.15) is 0 Å². The van der Waals surface area contributed by atoms with E-state index in [2.05, 4.69) is 68.7 Å². The fourth-order valence-electron chi connectivity index (χ4n) is 1.43. The van der Waals surface area contributed by atoms with Crippen molar-refractivity contribution < 1.29 is 0 Å². The van der Waals surface area contributed by atoms with Crippen LogP contribution in [0.3, 0.4) is 0 Å². The second kappa shape index (κ2) is 4.06. The summed E-state index contributed by atoms with van der Waals surface area (Å²) in [6, 6.07) is 6.61. The molecule has 0 aliphatic rings. The minimum absolute atomic E-state index is 0.207. The fourth-order valence-corrected chi connectivity index (χ4v) is 2.41. The lowest BCUT2D eigenvalue weighted by Gasteiger charge is -2.21. The summed E-state index contributed by atoms with van der Waals surface area (Å²) in [5.74, 6) is 1.35. The number of halogens is 1. The van der Waals surface area contributed by atoms with Crippen molar-refractivity contribution in [3.05, 3.63) is 39.7 Å². The molecule has 1 rings (SSSR count). The zero-order chi connectivity index (χ0) is 10.9. The smallest absolute Gasteiger partial charge is 0.0215 e. The first-order valence-corrected chi connectivity index (χ1v) is 5.72. The van der Waals surface area contributed by atoms with Crippen LogP contribution in [-0.2, 0) is 5.41 Å². The molecule has 1 aromatic rings. The molecule has 0 bridgehead atoms. The summed E-state index contributed by atoms with van der Waals surface area (Å²) in [5.41, 5.74) is 2.88. The molecule has 0 nitrogen and oxygen atoms in total. The van der Waals surface area contributed by atoms with Crippen molar-refractivity contribution in [2.24, 2.45) is 0 Å². The Balaban J connectivity index is 3.15. The first-order valence-electron chi connectivity index (χ1n) is 4.93. The largest absolute Gasteiger partial charge is 0.0581 e. The van der Waals surface area contributed by atoms with Gasteiger partial charge in [-0.3, -0.25) is 0 Å². The molecule has 0 N–H and O–H groups in total. The summed E-state index contributed by atoms with van der Waals surface area (Å²) in [4.78, 5) is 0. The highest BCUT2D eigenvalue weighted by Gasteiger charge is 2.17. The van der Waals surface area contributed by atoms with E-state index < -0.39 is 0 Å². The monoisotopic (exact) mass is 253 g/mol. The Morgan fingerprint density at radius 1 is 1.14 bits per heavy atom. The van der Waals surface area contributed by atoms with Crippen LogP contribution < -0.4 is 0 Å². The fraction of sp³-hybridized carbons (Fsp3) is 0.462. The highest BCUT2D eigenvalue weighted by molar-refractivity contribution is 9.10. The summed E-state index contributed by atoms with van der Waals surface area (Å²) in [5, 5.41) is 0. The van der Waals surface area contributed by atoms with Gasteiger partial charge in [-0.05, 0) is 28.5 Å². The lowest BCUT2D eigenvalue weighted by molar-refractivity contribution is 0.587. The maximum absolute atomic E-state index is 3.64. The minimum Gasteiger partial charge on any atom is -0.0581 e. The number of hydrogen-bond donors (Lipinski definition) is 0. The summed E-state index contributed by atoms with van der Waals surface area (Å²) in [6.07, 6.45) is 0. The molecule has 77 valence electrons. The van der Waals surface area contributed by atoms with Crippen LogP contribution >= 0.6 is 15.9 Å². The topological polar surface area (TPSA) is 0 Å². The Bertz CT molecular complexity index is 318. The molecule has 0 saturated heterocycles. The molecular formula is C13H18Br. The number of benzene rings is 1. The lowest BCUT2D eigenvalue weighted by atomic mass is 9.86. The number of hydrogen-bond acceptors (Lipinski definition) is 0. The van der Waals surface area contributed by atoms with Crippen LogP contribution in [-0.4, -0.2) is 0 Å². The Kier molecular flexibility index (Phi) is 3.41. The Morgan fingerprint density at radius 2 is 1.71 bits per heavy atom. The average Bonchev–Trinajstić information content (AvgIpc) is 2.01. The molecule has 0 heterocycles. The molecule has 0 aromatic heterocycles. The quantitative estimate of drug-likeness (QED) is 0.680. The SMILES string of the molecule is C[C](C)c1ccc(C(C)(C)C)c(Br)c1. The van der Waals surface area contributed by atoms with E-state index in [0.717, 1.165) is 0 Å².